The number of hydrogen-bond donors (Lipinski definition) is 0. The Morgan fingerprint density at radius 1 is 1.20 bits per heavy atom. The van der Waals surface area contributed by atoms with Crippen LogP contribution in [0.2, 0.25) is 0 Å². The summed E-state index contributed by atoms with van der Waals surface area (Å²) >= 11 is 0. The summed E-state index contributed by atoms with van der Waals surface area (Å²) in [6, 6.07) is 11.2. The first-order valence-corrected chi connectivity index (χ1v) is 9.88. The van der Waals surface area contributed by atoms with Crippen LogP contribution in [0.15, 0.2) is 47.5 Å². The van der Waals surface area contributed by atoms with Gasteiger partial charge in [-0.3, -0.25) is 9.21 Å². The quantitative estimate of drug-likeness (QED) is 0.841. The first kappa shape index (κ1) is 16.4. The SMILES string of the molecule is COc1ccc(S(=O)(=O)N2CC3CCCN3Cc3ccccc32)cn1. The topological polar surface area (TPSA) is 62.7 Å². The van der Waals surface area contributed by atoms with Gasteiger partial charge in [0.15, 0.2) is 0 Å². The van der Waals surface area contributed by atoms with E-state index in [-0.39, 0.29) is 10.9 Å². The van der Waals surface area contributed by atoms with Crippen LogP contribution in [-0.2, 0) is 16.6 Å². The second kappa shape index (κ2) is 6.31. The molecule has 0 saturated carbocycles. The van der Waals surface area contributed by atoms with E-state index in [2.05, 4.69) is 9.88 Å². The van der Waals surface area contributed by atoms with E-state index in [4.69, 9.17) is 4.74 Å². The van der Waals surface area contributed by atoms with E-state index in [9.17, 15) is 8.42 Å². The minimum Gasteiger partial charge on any atom is -0.481 e. The maximum Gasteiger partial charge on any atom is 0.265 e. The zero-order valence-corrected chi connectivity index (χ0v) is 14.9. The Hall–Kier alpha value is -2.12. The minimum absolute atomic E-state index is 0.189. The number of para-hydroxylation sites is 1. The molecule has 0 N–H and O–H groups in total. The summed E-state index contributed by atoms with van der Waals surface area (Å²) in [6.07, 6.45) is 3.51. The van der Waals surface area contributed by atoms with E-state index < -0.39 is 10.0 Å². The van der Waals surface area contributed by atoms with Crippen molar-refractivity contribution in [2.45, 2.75) is 30.3 Å². The van der Waals surface area contributed by atoms with Crippen molar-refractivity contribution >= 4 is 15.7 Å². The molecule has 0 radical (unpaired) electrons. The summed E-state index contributed by atoms with van der Waals surface area (Å²) in [7, 11) is -2.16. The van der Waals surface area contributed by atoms with Crippen LogP contribution in [0.25, 0.3) is 0 Å². The highest BCUT2D eigenvalue weighted by atomic mass is 32.2. The minimum atomic E-state index is -3.67. The number of sulfonamides is 1. The van der Waals surface area contributed by atoms with Gasteiger partial charge in [0.25, 0.3) is 10.0 Å². The van der Waals surface area contributed by atoms with Gasteiger partial charge in [-0.05, 0) is 37.1 Å². The van der Waals surface area contributed by atoms with Crippen LogP contribution in [-0.4, -0.2) is 44.5 Å². The number of aromatic nitrogens is 1. The Balaban J connectivity index is 1.78. The van der Waals surface area contributed by atoms with Crippen LogP contribution in [0, 0.1) is 0 Å². The molecule has 2 aromatic rings. The predicted molar refractivity (Wildman–Crippen MR) is 95.2 cm³/mol. The molecule has 1 fully saturated rings. The lowest BCUT2D eigenvalue weighted by Crippen LogP contribution is -2.40. The monoisotopic (exact) mass is 359 g/mol. The number of nitrogens with zero attached hydrogens (tertiary/aromatic N) is 3. The molecule has 1 aromatic carbocycles. The van der Waals surface area contributed by atoms with Crippen molar-refractivity contribution in [2.24, 2.45) is 0 Å². The first-order valence-electron chi connectivity index (χ1n) is 8.44. The molecule has 3 heterocycles. The summed E-state index contributed by atoms with van der Waals surface area (Å²) in [6.45, 7) is 2.30. The van der Waals surface area contributed by atoms with Crippen LogP contribution in [0.4, 0.5) is 5.69 Å². The van der Waals surface area contributed by atoms with Gasteiger partial charge in [0.1, 0.15) is 4.90 Å². The fourth-order valence-electron chi connectivity index (χ4n) is 3.70. The summed E-state index contributed by atoms with van der Waals surface area (Å²) in [5.74, 6) is 0.400. The van der Waals surface area contributed by atoms with E-state index >= 15 is 0 Å². The van der Waals surface area contributed by atoms with Crippen LogP contribution in [0.1, 0.15) is 18.4 Å². The molecule has 132 valence electrons. The zero-order valence-electron chi connectivity index (χ0n) is 14.1. The van der Waals surface area contributed by atoms with Crippen LogP contribution in [0.5, 0.6) is 5.88 Å². The molecule has 25 heavy (non-hydrogen) atoms. The van der Waals surface area contributed by atoms with Gasteiger partial charge in [-0.2, -0.15) is 0 Å². The fourth-order valence-corrected chi connectivity index (χ4v) is 5.19. The molecule has 1 saturated heterocycles. The third-order valence-corrected chi connectivity index (χ3v) is 6.78. The Bertz CT molecular complexity index is 867. The molecule has 1 atom stereocenters. The van der Waals surface area contributed by atoms with Gasteiger partial charge < -0.3 is 4.74 Å². The average molecular weight is 359 g/mol. The molecule has 0 bridgehead atoms. The average Bonchev–Trinajstić information content (AvgIpc) is 3.00. The number of hydrogen-bond acceptors (Lipinski definition) is 5. The summed E-state index contributed by atoms with van der Waals surface area (Å²) in [4.78, 5) is 6.64. The summed E-state index contributed by atoms with van der Waals surface area (Å²) in [5, 5.41) is 0. The molecule has 7 heteroatoms. The van der Waals surface area contributed by atoms with E-state index in [1.54, 1.807) is 16.4 Å². The number of anilines is 1. The highest BCUT2D eigenvalue weighted by Crippen LogP contribution is 2.34. The van der Waals surface area contributed by atoms with E-state index in [0.717, 1.165) is 37.2 Å². The molecule has 4 rings (SSSR count). The molecular weight excluding hydrogens is 338 g/mol. The van der Waals surface area contributed by atoms with Crippen molar-refractivity contribution in [3.8, 4) is 5.88 Å². The van der Waals surface area contributed by atoms with Gasteiger partial charge in [0.2, 0.25) is 5.88 Å². The van der Waals surface area contributed by atoms with Crippen molar-refractivity contribution in [2.75, 3.05) is 24.5 Å². The Kier molecular flexibility index (Phi) is 4.13. The maximum atomic E-state index is 13.3. The fraction of sp³-hybridized carbons (Fsp3) is 0.389. The van der Waals surface area contributed by atoms with Crippen molar-refractivity contribution < 1.29 is 13.2 Å². The lowest BCUT2D eigenvalue weighted by molar-refractivity contribution is 0.257. The number of benzene rings is 1. The number of fused-ring (bicyclic) bond motifs is 2. The normalized spacial score (nSPS) is 20.7. The molecule has 6 nitrogen and oxygen atoms in total. The number of rotatable bonds is 3. The molecule has 0 spiro atoms. The number of methoxy groups -OCH3 is 1. The number of pyridine rings is 1. The standard InChI is InChI=1S/C18H21N3O3S/c1-24-18-9-8-16(11-19-18)25(22,23)21-13-15-6-4-10-20(15)12-14-5-2-3-7-17(14)21/h2-3,5,7-9,11,15H,4,6,10,12-13H2,1H3. The molecule has 1 aromatic heterocycles. The van der Waals surface area contributed by atoms with Gasteiger partial charge in [-0.25, -0.2) is 13.4 Å². The van der Waals surface area contributed by atoms with Gasteiger partial charge in [0.05, 0.1) is 19.0 Å². The van der Waals surface area contributed by atoms with Crippen LogP contribution >= 0.6 is 0 Å². The summed E-state index contributed by atoms with van der Waals surface area (Å²) in [5.41, 5.74) is 1.82. The van der Waals surface area contributed by atoms with Crippen molar-refractivity contribution in [1.82, 2.24) is 9.88 Å². The smallest absolute Gasteiger partial charge is 0.265 e. The van der Waals surface area contributed by atoms with E-state index in [1.807, 2.05) is 24.3 Å². The molecule has 0 amide bonds. The van der Waals surface area contributed by atoms with Crippen molar-refractivity contribution in [3.63, 3.8) is 0 Å². The predicted octanol–water partition coefficient (Wildman–Crippen LogP) is 2.26. The highest BCUT2D eigenvalue weighted by molar-refractivity contribution is 7.92. The highest BCUT2D eigenvalue weighted by Gasteiger charge is 2.36. The van der Waals surface area contributed by atoms with Crippen LogP contribution in [0.3, 0.4) is 0 Å². The van der Waals surface area contributed by atoms with Gasteiger partial charge in [0, 0.05) is 25.2 Å². The molecule has 0 aliphatic carbocycles. The lowest BCUT2D eigenvalue weighted by Gasteiger charge is -2.27. The largest absolute Gasteiger partial charge is 0.481 e. The first-order chi connectivity index (χ1) is 12.1. The third-order valence-electron chi connectivity index (χ3n) is 5.02. The van der Waals surface area contributed by atoms with Crippen LogP contribution < -0.4 is 9.04 Å². The van der Waals surface area contributed by atoms with Crippen molar-refractivity contribution in [1.29, 1.82) is 0 Å². The van der Waals surface area contributed by atoms with Crippen molar-refractivity contribution in [3.05, 3.63) is 48.2 Å². The van der Waals surface area contributed by atoms with Gasteiger partial charge in [-0.1, -0.05) is 18.2 Å². The summed E-state index contributed by atoms with van der Waals surface area (Å²) < 4.78 is 33.2. The number of ether oxygens (including phenoxy) is 1. The zero-order chi connectivity index (χ0) is 17.4. The second-order valence-electron chi connectivity index (χ2n) is 6.47. The van der Waals surface area contributed by atoms with E-state index in [0.29, 0.717) is 12.4 Å². The molecule has 1 unspecified atom stereocenters. The van der Waals surface area contributed by atoms with Gasteiger partial charge >= 0.3 is 0 Å². The third kappa shape index (κ3) is 2.87. The molecule has 2 aliphatic rings. The molecular formula is C18H21N3O3S. The Morgan fingerprint density at radius 2 is 2.04 bits per heavy atom. The lowest BCUT2D eigenvalue weighted by atomic mass is 10.2. The Labute approximate surface area is 148 Å². The Morgan fingerprint density at radius 3 is 2.80 bits per heavy atom. The molecule has 2 aliphatic heterocycles. The second-order valence-corrected chi connectivity index (χ2v) is 8.33. The van der Waals surface area contributed by atoms with E-state index in [1.165, 1.54) is 13.3 Å². The maximum absolute atomic E-state index is 13.3. The van der Waals surface area contributed by atoms with Gasteiger partial charge in [-0.15, -0.1) is 0 Å².